The van der Waals surface area contributed by atoms with E-state index in [-0.39, 0.29) is 0 Å². The van der Waals surface area contributed by atoms with E-state index in [0.29, 0.717) is 10.8 Å². The lowest BCUT2D eigenvalue weighted by Crippen LogP contribution is -2.41. The minimum absolute atomic E-state index is 0.410. The van der Waals surface area contributed by atoms with Crippen molar-refractivity contribution in [3.63, 3.8) is 0 Å². The summed E-state index contributed by atoms with van der Waals surface area (Å²) in [5.41, 5.74) is 2.41. The summed E-state index contributed by atoms with van der Waals surface area (Å²) < 4.78 is 0. The minimum Gasteiger partial charge on any atom is -0.0884 e. The van der Waals surface area contributed by atoms with Crippen molar-refractivity contribution in [2.45, 2.75) is 87.5 Å². The first-order valence-corrected chi connectivity index (χ1v) is 7.93. The second-order valence-corrected chi connectivity index (χ2v) is 6.75. The van der Waals surface area contributed by atoms with Gasteiger partial charge in [-0.25, -0.2) is 0 Å². The van der Waals surface area contributed by atoms with Crippen molar-refractivity contribution < 1.29 is 0 Å². The molecule has 0 heteroatoms. The molecule has 0 heterocycles. The van der Waals surface area contributed by atoms with Crippen LogP contribution in [0.25, 0.3) is 0 Å². The SMILES string of the molecule is CC=C(C)C(CC)C(C)(CCCC)C(C)(C)CC. The molecule has 0 aromatic rings. The molecule has 0 saturated carbocycles. The Morgan fingerprint density at radius 1 is 1.11 bits per heavy atom. The Kier molecular flexibility index (Phi) is 7.25. The molecule has 0 bridgehead atoms. The normalized spacial score (nSPS) is 18.6. The largest absolute Gasteiger partial charge is 0.0884 e. The number of hydrogen-bond acceptors (Lipinski definition) is 0. The van der Waals surface area contributed by atoms with Crippen LogP contribution in [0.1, 0.15) is 87.5 Å². The maximum Gasteiger partial charge on any atom is -0.0150 e. The Morgan fingerprint density at radius 3 is 2.00 bits per heavy atom. The zero-order valence-corrected chi connectivity index (χ0v) is 14.2. The predicted octanol–water partition coefficient (Wildman–Crippen LogP) is 6.61. The molecule has 0 rings (SSSR count). The van der Waals surface area contributed by atoms with Gasteiger partial charge < -0.3 is 0 Å². The van der Waals surface area contributed by atoms with Gasteiger partial charge in [-0.15, -0.1) is 0 Å². The van der Waals surface area contributed by atoms with Crippen LogP contribution in [-0.4, -0.2) is 0 Å². The van der Waals surface area contributed by atoms with Crippen molar-refractivity contribution in [2.24, 2.45) is 16.7 Å². The summed E-state index contributed by atoms with van der Waals surface area (Å²) in [4.78, 5) is 0. The molecule has 0 amide bonds. The van der Waals surface area contributed by atoms with Gasteiger partial charge in [0.15, 0.2) is 0 Å². The molecule has 2 unspecified atom stereocenters. The minimum atomic E-state index is 0.410. The highest BCUT2D eigenvalue weighted by molar-refractivity contribution is 5.10. The molecule has 0 aromatic heterocycles. The lowest BCUT2D eigenvalue weighted by atomic mass is 9.55. The third-order valence-corrected chi connectivity index (χ3v) is 5.66. The molecule has 0 aliphatic carbocycles. The number of hydrogen-bond donors (Lipinski definition) is 0. The van der Waals surface area contributed by atoms with Gasteiger partial charge >= 0.3 is 0 Å². The van der Waals surface area contributed by atoms with Gasteiger partial charge in [-0.2, -0.15) is 0 Å². The van der Waals surface area contributed by atoms with E-state index in [2.05, 4.69) is 61.5 Å². The predicted molar refractivity (Wildman–Crippen MR) is 84.9 cm³/mol. The lowest BCUT2D eigenvalue weighted by molar-refractivity contribution is 0.0184. The van der Waals surface area contributed by atoms with Gasteiger partial charge in [-0.05, 0) is 43.4 Å². The summed E-state index contributed by atoms with van der Waals surface area (Å²) in [6.45, 7) is 19.0. The average Bonchev–Trinajstić information content (AvgIpc) is 2.36. The first-order valence-electron chi connectivity index (χ1n) is 7.93. The first kappa shape index (κ1) is 17.7. The molecule has 0 aromatic carbocycles. The summed E-state index contributed by atoms with van der Waals surface area (Å²) >= 11 is 0. The quantitative estimate of drug-likeness (QED) is 0.426. The van der Waals surface area contributed by atoms with Crippen LogP contribution in [0.4, 0.5) is 0 Å². The Morgan fingerprint density at radius 2 is 1.67 bits per heavy atom. The molecule has 108 valence electrons. The Hall–Kier alpha value is -0.260. The molecule has 0 saturated heterocycles. The van der Waals surface area contributed by atoms with E-state index in [1.165, 1.54) is 32.1 Å². The molecule has 0 radical (unpaired) electrons. The van der Waals surface area contributed by atoms with Crippen LogP contribution in [-0.2, 0) is 0 Å². The second kappa shape index (κ2) is 7.36. The van der Waals surface area contributed by atoms with Gasteiger partial charge in [-0.3, -0.25) is 0 Å². The average molecular weight is 252 g/mol. The number of allylic oxidation sites excluding steroid dienone is 2. The fourth-order valence-electron chi connectivity index (χ4n) is 3.41. The third kappa shape index (κ3) is 3.62. The zero-order valence-electron chi connectivity index (χ0n) is 14.2. The topological polar surface area (TPSA) is 0 Å². The molecule has 2 atom stereocenters. The summed E-state index contributed by atoms with van der Waals surface area (Å²) in [6, 6.07) is 0. The number of rotatable bonds is 8. The highest BCUT2D eigenvalue weighted by Gasteiger charge is 2.44. The maximum absolute atomic E-state index is 2.54. The van der Waals surface area contributed by atoms with Gasteiger partial charge in [0.05, 0.1) is 0 Å². The van der Waals surface area contributed by atoms with Crippen LogP contribution < -0.4 is 0 Å². The fourth-order valence-corrected chi connectivity index (χ4v) is 3.41. The van der Waals surface area contributed by atoms with Crippen LogP contribution in [0.5, 0.6) is 0 Å². The second-order valence-electron chi connectivity index (χ2n) is 6.75. The van der Waals surface area contributed by atoms with Gasteiger partial charge in [0.25, 0.3) is 0 Å². The molecular weight excluding hydrogens is 216 g/mol. The molecule has 0 aliphatic rings. The summed E-state index contributed by atoms with van der Waals surface area (Å²) in [5.74, 6) is 0.726. The molecule has 0 nitrogen and oxygen atoms in total. The maximum atomic E-state index is 2.54. The van der Waals surface area contributed by atoms with E-state index in [4.69, 9.17) is 0 Å². The Balaban J connectivity index is 5.43. The summed E-state index contributed by atoms with van der Waals surface area (Å²) in [5, 5.41) is 0. The van der Waals surface area contributed by atoms with Crippen molar-refractivity contribution in [1.29, 1.82) is 0 Å². The third-order valence-electron chi connectivity index (χ3n) is 5.66. The van der Waals surface area contributed by atoms with Crippen LogP contribution in [0, 0.1) is 16.7 Å². The molecule has 0 spiro atoms. The van der Waals surface area contributed by atoms with E-state index in [9.17, 15) is 0 Å². The molecule has 0 fully saturated rings. The standard InChI is InChI=1S/C18H36/c1-9-13-14-18(8,17(6,7)12-4)16(11-3)15(5)10-2/h10,16H,9,11-14H2,1-8H3. The smallest absolute Gasteiger partial charge is 0.0150 e. The molecule has 18 heavy (non-hydrogen) atoms. The summed E-state index contributed by atoms with van der Waals surface area (Å²) in [6.07, 6.45) is 8.87. The molecule has 0 aliphatic heterocycles. The van der Waals surface area contributed by atoms with Crippen molar-refractivity contribution in [2.75, 3.05) is 0 Å². The van der Waals surface area contributed by atoms with E-state index in [1.807, 2.05) is 0 Å². The zero-order chi connectivity index (χ0) is 14.4. The van der Waals surface area contributed by atoms with Crippen LogP contribution in [0.3, 0.4) is 0 Å². The Labute approximate surface area is 116 Å². The van der Waals surface area contributed by atoms with E-state index in [0.717, 1.165) is 5.92 Å². The van der Waals surface area contributed by atoms with E-state index < -0.39 is 0 Å². The van der Waals surface area contributed by atoms with Crippen LogP contribution >= 0.6 is 0 Å². The van der Waals surface area contributed by atoms with Crippen molar-refractivity contribution in [3.8, 4) is 0 Å². The highest BCUT2D eigenvalue weighted by Crippen LogP contribution is 2.53. The van der Waals surface area contributed by atoms with Gasteiger partial charge in [0, 0.05) is 0 Å². The van der Waals surface area contributed by atoms with E-state index in [1.54, 1.807) is 5.57 Å². The monoisotopic (exact) mass is 252 g/mol. The van der Waals surface area contributed by atoms with Gasteiger partial charge in [-0.1, -0.05) is 72.5 Å². The first-order chi connectivity index (χ1) is 8.30. The summed E-state index contributed by atoms with van der Waals surface area (Å²) in [7, 11) is 0. The number of unbranched alkanes of at least 4 members (excludes halogenated alkanes) is 1. The van der Waals surface area contributed by atoms with Crippen LogP contribution in [0.2, 0.25) is 0 Å². The van der Waals surface area contributed by atoms with Crippen LogP contribution in [0.15, 0.2) is 11.6 Å². The Bertz CT molecular complexity index is 259. The highest BCUT2D eigenvalue weighted by atomic mass is 14.5. The molecular formula is C18H36. The van der Waals surface area contributed by atoms with E-state index >= 15 is 0 Å². The lowest BCUT2D eigenvalue weighted by Gasteiger charge is -2.50. The molecule has 0 N–H and O–H groups in total. The van der Waals surface area contributed by atoms with Crippen molar-refractivity contribution in [1.82, 2.24) is 0 Å². The van der Waals surface area contributed by atoms with Crippen molar-refractivity contribution >= 4 is 0 Å². The van der Waals surface area contributed by atoms with Crippen molar-refractivity contribution in [3.05, 3.63) is 11.6 Å². The van der Waals surface area contributed by atoms with Gasteiger partial charge in [0.1, 0.15) is 0 Å². The fraction of sp³-hybridized carbons (Fsp3) is 0.889. The van der Waals surface area contributed by atoms with Gasteiger partial charge in [0.2, 0.25) is 0 Å².